The molecule has 6 heteroatoms. The van der Waals surface area contributed by atoms with Crippen molar-refractivity contribution in [3.63, 3.8) is 0 Å². The largest absolute Gasteiger partial charge is 0.462 e. The Hall–Kier alpha value is -2.37. The highest BCUT2D eigenvalue weighted by atomic mass is 16.6. The van der Waals surface area contributed by atoms with E-state index < -0.39 is 6.10 Å². The van der Waals surface area contributed by atoms with Gasteiger partial charge in [0.15, 0.2) is 6.10 Å². The van der Waals surface area contributed by atoms with E-state index in [9.17, 15) is 14.4 Å². The van der Waals surface area contributed by atoms with Crippen molar-refractivity contribution in [3.05, 3.63) is 36.5 Å². The second-order valence-corrected chi connectivity index (χ2v) is 20.2. The lowest BCUT2D eigenvalue weighted by molar-refractivity contribution is -0.167. The van der Waals surface area contributed by atoms with E-state index >= 15 is 0 Å². The fraction of sp³-hybridized carbons (Fsp3) is 0.855. The molecule has 1 unspecified atom stereocenters. The van der Waals surface area contributed by atoms with Gasteiger partial charge in [0.25, 0.3) is 0 Å². The highest BCUT2D eigenvalue weighted by Crippen LogP contribution is 2.17. The average molecular weight is 956 g/mol. The van der Waals surface area contributed by atoms with Crippen LogP contribution in [-0.4, -0.2) is 37.2 Å². The third-order valence-electron chi connectivity index (χ3n) is 13.4. The zero-order chi connectivity index (χ0) is 49.3. The van der Waals surface area contributed by atoms with E-state index in [1.165, 1.54) is 186 Å². The van der Waals surface area contributed by atoms with Crippen molar-refractivity contribution in [3.8, 4) is 0 Å². The Balaban J connectivity index is 4.33. The molecule has 0 rings (SSSR count). The summed E-state index contributed by atoms with van der Waals surface area (Å²) in [6.45, 7) is 6.57. The van der Waals surface area contributed by atoms with Crippen LogP contribution in [0.3, 0.4) is 0 Å². The van der Waals surface area contributed by atoms with Gasteiger partial charge < -0.3 is 14.2 Å². The van der Waals surface area contributed by atoms with E-state index in [0.29, 0.717) is 19.3 Å². The van der Waals surface area contributed by atoms with Gasteiger partial charge in [-0.1, -0.05) is 288 Å². The van der Waals surface area contributed by atoms with Gasteiger partial charge in [-0.25, -0.2) is 0 Å². The Bertz CT molecular complexity index is 1140. The number of rotatable bonds is 55. The topological polar surface area (TPSA) is 78.9 Å². The van der Waals surface area contributed by atoms with Gasteiger partial charge in [-0.3, -0.25) is 14.4 Å². The molecule has 68 heavy (non-hydrogen) atoms. The van der Waals surface area contributed by atoms with Crippen LogP contribution >= 0.6 is 0 Å². The van der Waals surface area contributed by atoms with E-state index in [1.54, 1.807) is 0 Å². The molecule has 0 bridgehead atoms. The first-order valence-corrected chi connectivity index (χ1v) is 30.0. The lowest BCUT2D eigenvalue weighted by atomic mass is 10.0. The van der Waals surface area contributed by atoms with Crippen molar-refractivity contribution in [1.82, 2.24) is 0 Å². The highest BCUT2D eigenvalue weighted by Gasteiger charge is 2.19. The van der Waals surface area contributed by atoms with Crippen LogP contribution < -0.4 is 0 Å². The number of hydrogen-bond donors (Lipinski definition) is 0. The van der Waals surface area contributed by atoms with Gasteiger partial charge >= 0.3 is 17.9 Å². The van der Waals surface area contributed by atoms with E-state index in [0.717, 1.165) is 96.3 Å². The maximum atomic E-state index is 12.9. The van der Waals surface area contributed by atoms with E-state index in [4.69, 9.17) is 14.2 Å². The fourth-order valence-corrected chi connectivity index (χ4v) is 8.93. The monoisotopic (exact) mass is 955 g/mol. The van der Waals surface area contributed by atoms with Crippen LogP contribution in [0.15, 0.2) is 36.5 Å². The molecule has 0 radical (unpaired) electrons. The minimum absolute atomic E-state index is 0.0724. The molecular formula is C62H114O6. The van der Waals surface area contributed by atoms with Crippen molar-refractivity contribution < 1.29 is 28.6 Å². The number of allylic oxidation sites excluding steroid dienone is 6. The number of hydrogen-bond acceptors (Lipinski definition) is 6. The van der Waals surface area contributed by atoms with E-state index in [2.05, 4.69) is 57.2 Å². The van der Waals surface area contributed by atoms with Crippen LogP contribution in [0.25, 0.3) is 0 Å². The number of esters is 3. The first kappa shape index (κ1) is 65.6. The number of carbonyl (C=O) groups excluding carboxylic acids is 3. The quantitative estimate of drug-likeness (QED) is 0.0262. The van der Waals surface area contributed by atoms with Crippen LogP contribution in [0, 0.1) is 0 Å². The van der Waals surface area contributed by atoms with Crippen molar-refractivity contribution in [2.75, 3.05) is 13.2 Å². The molecule has 6 nitrogen and oxygen atoms in total. The maximum Gasteiger partial charge on any atom is 0.306 e. The number of carbonyl (C=O) groups is 3. The molecule has 0 saturated carbocycles. The molecule has 0 amide bonds. The van der Waals surface area contributed by atoms with Gasteiger partial charge in [0.05, 0.1) is 0 Å². The molecule has 0 spiro atoms. The standard InChI is InChI=1S/C62H114O6/c1-4-7-10-13-16-19-22-25-28-30-32-34-37-40-43-46-49-52-55-61(64)67-58-59(57-66-60(63)54-51-48-45-42-39-36-33-27-24-21-18-15-12-9-6-3)68-62(65)56-53-50-47-44-41-38-35-31-29-26-23-20-17-14-11-8-5-2/h9,12,18,21,27,33,59H,4-8,10-11,13-17,19-20,22-26,28-32,34-58H2,1-3H3/b12-9-,21-18-,33-27-. The minimum atomic E-state index is -0.775. The summed E-state index contributed by atoms with van der Waals surface area (Å²) in [5.41, 5.74) is 0. The Morgan fingerprint density at radius 3 is 0.897 bits per heavy atom. The summed E-state index contributed by atoms with van der Waals surface area (Å²) in [6, 6.07) is 0. The van der Waals surface area contributed by atoms with Crippen LogP contribution in [0.1, 0.15) is 323 Å². The van der Waals surface area contributed by atoms with Gasteiger partial charge in [-0.15, -0.1) is 0 Å². The highest BCUT2D eigenvalue weighted by molar-refractivity contribution is 5.71. The summed E-state index contributed by atoms with van der Waals surface area (Å²) in [6.07, 6.45) is 68.5. The molecule has 0 heterocycles. The Morgan fingerprint density at radius 2 is 0.574 bits per heavy atom. The predicted octanol–water partition coefficient (Wildman–Crippen LogP) is 20.0. The summed E-state index contributed by atoms with van der Waals surface area (Å²) >= 11 is 0. The predicted molar refractivity (Wildman–Crippen MR) is 293 cm³/mol. The van der Waals surface area contributed by atoms with Gasteiger partial charge in [0.2, 0.25) is 0 Å². The Kier molecular flexibility index (Phi) is 55.2. The summed E-state index contributed by atoms with van der Waals surface area (Å²) < 4.78 is 16.9. The SMILES string of the molecule is CC/C=C\C/C=C\C/C=C\CCCCCCCC(=O)OCC(COC(=O)CCCCCCCCCCCCCCCCCCCC)OC(=O)CCCCCCCCCCCCCCCCCCC. The first-order valence-electron chi connectivity index (χ1n) is 30.0. The molecule has 0 aromatic carbocycles. The molecule has 0 aliphatic heterocycles. The molecule has 0 aromatic rings. The molecular weight excluding hydrogens is 841 g/mol. The van der Waals surface area contributed by atoms with Gasteiger partial charge in [-0.2, -0.15) is 0 Å². The zero-order valence-electron chi connectivity index (χ0n) is 45.6. The second-order valence-electron chi connectivity index (χ2n) is 20.2. The smallest absolute Gasteiger partial charge is 0.306 e. The van der Waals surface area contributed by atoms with Crippen LogP contribution in [0.5, 0.6) is 0 Å². The summed E-state index contributed by atoms with van der Waals surface area (Å²) in [4.78, 5) is 38.2. The first-order chi connectivity index (χ1) is 33.5. The molecule has 0 N–H and O–H groups in total. The third-order valence-corrected chi connectivity index (χ3v) is 13.4. The van der Waals surface area contributed by atoms with Crippen LogP contribution in [-0.2, 0) is 28.6 Å². The van der Waals surface area contributed by atoms with Crippen molar-refractivity contribution >= 4 is 17.9 Å². The Morgan fingerprint density at radius 1 is 0.309 bits per heavy atom. The lowest BCUT2D eigenvalue weighted by Crippen LogP contribution is -2.30. The van der Waals surface area contributed by atoms with Crippen LogP contribution in [0.4, 0.5) is 0 Å². The molecule has 0 aliphatic carbocycles. The summed E-state index contributed by atoms with van der Waals surface area (Å²) in [5.74, 6) is -0.868. The van der Waals surface area contributed by atoms with Gasteiger partial charge in [0, 0.05) is 19.3 Å². The van der Waals surface area contributed by atoms with Crippen molar-refractivity contribution in [2.24, 2.45) is 0 Å². The van der Waals surface area contributed by atoms with Gasteiger partial charge in [0.1, 0.15) is 13.2 Å². The minimum Gasteiger partial charge on any atom is -0.462 e. The third kappa shape index (κ3) is 54.6. The van der Waals surface area contributed by atoms with Gasteiger partial charge in [-0.05, 0) is 51.4 Å². The summed E-state index contributed by atoms with van der Waals surface area (Å²) in [5, 5.41) is 0. The molecule has 398 valence electrons. The Labute approximate surface area is 423 Å². The lowest BCUT2D eigenvalue weighted by Gasteiger charge is -2.18. The van der Waals surface area contributed by atoms with E-state index in [-0.39, 0.29) is 31.1 Å². The second kappa shape index (κ2) is 57.2. The summed E-state index contributed by atoms with van der Waals surface area (Å²) in [7, 11) is 0. The van der Waals surface area contributed by atoms with E-state index in [1.807, 2.05) is 0 Å². The molecule has 0 aliphatic rings. The number of ether oxygens (including phenoxy) is 3. The van der Waals surface area contributed by atoms with Crippen molar-refractivity contribution in [1.29, 1.82) is 0 Å². The molecule has 0 fully saturated rings. The number of unbranched alkanes of at least 4 members (excludes halogenated alkanes) is 38. The zero-order valence-corrected chi connectivity index (χ0v) is 45.6. The molecule has 0 saturated heterocycles. The molecule has 1 atom stereocenters. The molecule has 0 aromatic heterocycles. The van der Waals surface area contributed by atoms with Crippen LogP contribution in [0.2, 0.25) is 0 Å². The maximum absolute atomic E-state index is 12.9. The normalized spacial score (nSPS) is 12.2. The average Bonchev–Trinajstić information content (AvgIpc) is 3.34. The fourth-order valence-electron chi connectivity index (χ4n) is 8.93. The van der Waals surface area contributed by atoms with Crippen molar-refractivity contribution in [2.45, 2.75) is 329 Å².